The van der Waals surface area contributed by atoms with Crippen LogP contribution in [0.1, 0.15) is 39.7 Å². The molecule has 0 spiro atoms. The second-order valence-electron chi connectivity index (χ2n) is 8.64. The molecule has 1 amide bonds. The van der Waals surface area contributed by atoms with Crippen LogP contribution in [-0.2, 0) is 15.8 Å². The average molecular weight is 364 g/mol. The minimum absolute atomic E-state index is 0.0532. The minimum atomic E-state index is -1.92. The lowest BCUT2D eigenvalue weighted by Gasteiger charge is -2.51. The van der Waals surface area contributed by atoms with Crippen molar-refractivity contribution in [3.8, 4) is 0 Å². The van der Waals surface area contributed by atoms with E-state index in [9.17, 15) is 9.90 Å². The van der Waals surface area contributed by atoms with Crippen molar-refractivity contribution in [2.24, 2.45) is 5.92 Å². The number of carbonyl (C=O) groups is 1. The minimum Gasteiger partial charge on any atom is -0.413 e. The molecule has 3 atom stereocenters. The van der Waals surface area contributed by atoms with Crippen LogP contribution in [0.3, 0.4) is 0 Å². The Hall–Kier alpha value is -1.17. The van der Waals surface area contributed by atoms with Crippen molar-refractivity contribution in [2.45, 2.75) is 70.9 Å². The van der Waals surface area contributed by atoms with E-state index in [4.69, 9.17) is 4.43 Å². The lowest BCUT2D eigenvalue weighted by atomic mass is 9.81. The predicted molar refractivity (Wildman–Crippen MR) is 104 cm³/mol. The highest BCUT2D eigenvalue weighted by atomic mass is 28.4. The standard InChI is InChI=1S/C20H33NO3Si/c1-15(24-25(5,6)20(2,3)4)18-17(12-13-22)21(19(18)23)14-16-10-8-7-9-11-16/h7-11,15,17-18,22H,12-14H2,1-6H3/t15-,17?,18?/m1/s1. The summed E-state index contributed by atoms with van der Waals surface area (Å²) in [6.45, 7) is 13.8. The third-order valence-electron chi connectivity index (χ3n) is 5.80. The number of hydrogen-bond acceptors (Lipinski definition) is 3. The van der Waals surface area contributed by atoms with Gasteiger partial charge in [-0.15, -0.1) is 0 Å². The summed E-state index contributed by atoms with van der Waals surface area (Å²) in [7, 11) is -1.92. The predicted octanol–water partition coefficient (Wildman–Crippen LogP) is 3.81. The van der Waals surface area contributed by atoms with Crippen LogP contribution in [0.4, 0.5) is 0 Å². The van der Waals surface area contributed by atoms with Crippen LogP contribution < -0.4 is 0 Å². The van der Waals surface area contributed by atoms with Crippen LogP contribution >= 0.6 is 0 Å². The molecule has 2 unspecified atom stereocenters. The summed E-state index contributed by atoms with van der Waals surface area (Å²) < 4.78 is 6.46. The molecular formula is C20H33NO3Si. The van der Waals surface area contributed by atoms with Gasteiger partial charge in [0.15, 0.2) is 8.32 Å². The monoisotopic (exact) mass is 363 g/mol. The molecule has 0 bridgehead atoms. The SMILES string of the molecule is C[C@@H](O[Si](C)(C)C(C)(C)C)C1C(=O)N(Cc2ccccc2)C1CCO. The summed E-state index contributed by atoms with van der Waals surface area (Å²) in [5.74, 6) is -0.00139. The van der Waals surface area contributed by atoms with E-state index in [1.54, 1.807) is 0 Å². The highest BCUT2D eigenvalue weighted by Gasteiger charge is 2.51. The quantitative estimate of drug-likeness (QED) is 0.592. The first-order chi connectivity index (χ1) is 11.6. The van der Waals surface area contributed by atoms with E-state index < -0.39 is 8.32 Å². The molecule has 140 valence electrons. The Balaban J connectivity index is 2.09. The molecule has 1 N–H and O–H groups in total. The van der Waals surface area contributed by atoms with Gasteiger partial charge in [-0.25, -0.2) is 0 Å². The summed E-state index contributed by atoms with van der Waals surface area (Å²) >= 11 is 0. The molecule has 1 fully saturated rings. The van der Waals surface area contributed by atoms with Gasteiger partial charge in [-0.05, 0) is 37.0 Å². The maximum Gasteiger partial charge on any atom is 0.230 e. The van der Waals surface area contributed by atoms with Gasteiger partial charge in [-0.3, -0.25) is 4.79 Å². The number of benzene rings is 1. The third-order valence-corrected chi connectivity index (χ3v) is 10.4. The van der Waals surface area contributed by atoms with Gasteiger partial charge in [0, 0.05) is 19.2 Å². The fourth-order valence-electron chi connectivity index (χ4n) is 3.30. The fraction of sp³-hybridized carbons (Fsp3) is 0.650. The molecule has 1 saturated heterocycles. The molecule has 0 saturated carbocycles. The Morgan fingerprint density at radius 1 is 1.24 bits per heavy atom. The topological polar surface area (TPSA) is 49.8 Å². The zero-order valence-corrected chi connectivity index (χ0v) is 17.5. The van der Waals surface area contributed by atoms with E-state index in [0.29, 0.717) is 13.0 Å². The lowest BCUT2D eigenvalue weighted by Crippen LogP contribution is -2.65. The molecule has 1 aliphatic heterocycles. The second-order valence-corrected chi connectivity index (χ2v) is 13.4. The molecule has 1 aromatic carbocycles. The number of likely N-dealkylation sites (tertiary alicyclic amines) is 1. The van der Waals surface area contributed by atoms with Crippen LogP contribution in [0.5, 0.6) is 0 Å². The molecule has 2 rings (SSSR count). The van der Waals surface area contributed by atoms with Gasteiger partial charge < -0.3 is 14.4 Å². The number of aliphatic hydroxyl groups is 1. The van der Waals surface area contributed by atoms with Crippen LogP contribution in [0.2, 0.25) is 18.1 Å². The highest BCUT2D eigenvalue weighted by Crippen LogP contribution is 2.41. The summed E-state index contributed by atoms with van der Waals surface area (Å²) in [4.78, 5) is 14.7. The lowest BCUT2D eigenvalue weighted by molar-refractivity contribution is -0.165. The number of rotatable bonds is 7. The van der Waals surface area contributed by atoms with Crippen molar-refractivity contribution in [1.29, 1.82) is 0 Å². The van der Waals surface area contributed by atoms with Crippen molar-refractivity contribution in [3.63, 3.8) is 0 Å². The molecule has 0 radical (unpaired) electrons. The number of nitrogens with zero attached hydrogens (tertiary/aromatic N) is 1. The van der Waals surface area contributed by atoms with Gasteiger partial charge in [0.2, 0.25) is 5.91 Å². The molecule has 1 heterocycles. The largest absolute Gasteiger partial charge is 0.413 e. The smallest absolute Gasteiger partial charge is 0.230 e. The molecule has 4 nitrogen and oxygen atoms in total. The number of carbonyl (C=O) groups excluding carboxylic acids is 1. The molecule has 0 aliphatic carbocycles. The summed E-state index contributed by atoms with van der Waals surface area (Å²) in [5.41, 5.74) is 1.12. The van der Waals surface area contributed by atoms with Crippen LogP contribution in [-0.4, -0.2) is 43.0 Å². The maximum absolute atomic E-state index is 12.8. The zero-order chi connectivity index (χ0) is 18.8. The Bertz CT molecular complexity index is 582. The van der Waals surface area contributed by atoms with Crippen molar-refractivity contribution >= 4 is 14.2 Å². The maximum atomic E-state index is 12.8. The first kappa shape index (κ1) is 20.1. The normalized spacial score (nSPS) is 22.7. The average Bonchev–Trinajstić information content (AvgIpc) is 2.51. The zero-order valence-electron chi connectivity index (χ0n) is 16.5. The van der Waals surface area contributed by atoms with Crippen molar-refractivity contribution in [3.05, 3.63) is 35.9 Å². The van der Waals surface area contributed by atoms with E-state index in [-0.39, 0.29) is 35.6 Å². The van der Waals surface area contributed by atoms with Crippen LogP contribution in [0.25, 0.3) is 0 Å². The first-order valence-corrected chi connectivity index (χ1v) is 12.1. The van der Waals surface area contributed by atoms with Crippen molar-refractivity contribution in [2.75, 3.05) is 6.61 Å². The number of hydrogen-bond donors (Lipinski definition) is 1. The van der Waals surface area contributed by atoms with E-state index in [1.807, 2.05) is 42.2 Å². The van der Waals surface area contributed by atoms with Gasteiger partial charge in [0.1, 0.15) is 0 Å². The number of aliphatic hydroxyl groups excluding tert-OH is 1. The summed E-state index contributed by atoms with van der Waals surface area (Å²) in [6, 6.07) is 10.1. The van der Waals surface area contributed by atoms with E-state index in [1.165, 1.54) is 0 Å². The van der Waals surface area contributed by atoms with E-state index in [0.717, 1.165) is 5.56 Å². The van der Waals surface area contributed by atoms with E-state index >= 15 is 0 Å². The van der Waals surface area contributed by atoms with Crippen molar-refractivity contribution < 1.29 is 14.3 Å². The second kappa shape index (κ2) is 7.60. The molecular weight excluding hydrogens is 330 g/mol. The molecule has 5 heteroatoms. The number of amides is 1. The third kappa shape index (κ3) is 4.33. The Labute approximate surface area is 153 Å². The first-order valence-electron chi connectivity index (χ1n) is 9.21. The van der Waals surface area contributed by atoms with Gasteiger partial charge in [-0.2, -0.15) is 0 Å². The Kier molecular flexibility index (Phi) is 6.12. The number of β-lactam (4-membered cyclic amide) rings is 1. The van der Waals surface area contributed by atoms with Crippen molar-refractivity contribution in [1.82, 2.24) is 4.90 Å². The van der Waals surface area contributed by atoms with E-state index in [2.05, 4.69) is 33.9 Å². The fourth-order valence-corrected chi connectivity index (χ4v) is 4.73. The Morgan fingerprint density at radius 3 is 2.36 bits per heavy atom. The van der Waals surface area contributed by atoms with Crippen LogP contribution in [0.15, 0.2) is 30.3 Å². The van der Waals surface area contributed by atoms with Gasteiger partial charge >= 0.3 is 0 Å². The molecule has 1 aliphatic rings. The summed E-state index contributed by atoms with van der Waals surface area (Å²) in [6.07, 6.45) is 0.492. The Morgan fingerprint density at radius 2 is 1.84 bits per heavy atom. The van der Waals surface area contributed by atoms with Gasteiger partial charge in [0.05, 0.1) is 12.0 Å². The van der Waals surface area contributed by atoms with Gasteiger partial charge in [0.25, 0.3) is 0 Å². The van der Waals surface area contributed by atoms with Gasteiger partial charge in [-0.1, -0.05) is 51.1 Å². The summed E-state index contributed by atoms with van der Waals surface area (Å²) in [5, 5.41) is 9.58. The molecule has 1 aromatic rings. The highest BCUT2D eigenvalue weighted by molar-refractivity contribution is 6.74. The molecule has 25 heavy (non-hydrogen) atoms. The molecule has 0 aromatic heterocycles. The van der Waals surface area contributed by atoms with Crippen LogP contribution in [0, 0.1) is 5.92 Å².